The number of aromatic nitrogens is 1. The summed E-state index contributed by atoms with van der Waals surface area (Å²) in [6.07, 6.45) is 2.93. The van der Waals surface area contributed by atoms with Crippen LogP contribution in [0.1, 0.15) is 5.56 Å². The van der Waals surface area contributed by atoms with Gasteiger partial charge in [-0.25, -0.2) is 4.98 Å². The van der Waals surface area contributed by atoms with E-state index in [4.69, 9.17) is 4.74 Å². The Bertz CT molecular complexity index is 907. The van der Waals surface area contributed by atoms with Crippen LogP contribution in [0.5, 0.6) is 11.6 Å². The van der Waals surface area contributed by atoms with Gasteiger partial charge in [0.05, 0.1) is 9.83 Å². The zero-order valence-electron chi connectivity index (χ0n) is 13.9. The van der Waals surface area contributed by atoms with Crippen molar-refractivity contribution in [3.8, 4) is 11.6 Å². The number of likely N-dealkylation sites (N-methyl/N-ethyl adjacent to an activating group) is 1. The van der Waals surface area contributed by atoms with E-state index in [-0.39, 0.29) is 17.5 Å². The molecule has 132 valence electrons. The van der Waals surface area contributed by atoms with E-state index in [9.17, 15) is 14.9 Å². The summed E-state index contributed by atoms with van der Waals surface area (Å²) in [7, 11) is 3.33. The van der Waals surface area contributed by atoms with Crippen LogP contribution in [-0.4, -0.2) is 40.0 Å². The molecule has 9 heteroatoms. The van der Waals surface area contributed by atoms with Gasteiger partial charge in [-0.15, -0.1) is 0 Å². The van der Waals surface area contributed by atoms with E-state index < -0.39 is 4.92 Å². The third kappa shape index (κ3) is 3.72. The molecule has 1 aromatic carbocycles. The fourth-order valence-corrected chi connectivity index (χ4v) is 3.12. The van der Waals surface area contributed by atoms with Crippen molar-refractivity contribution in [2.75, 3.05) is 14.1 Å². The molecular formula is C17H14N4O4S. The molecule has 0 radical (unpaired) electrons. The second-order valence-corrected chi connectivity index (χ2v) is 6.27. The first-order valence-corrected chi connectivity index (χ1v) is 8.32. The first kappa shape index (κ1) is 17.6. The Morgan fingerprint density at radius 3 is 2.54 bits per heavy atom. The highest BCUT2D eigenvalue weighted by Gasteiger charge is 2.29. The Labute approximate surface area is 153 Å². The number of benzene rings is 1. The summed E-state index contributed by atoms with van der Waals surface area (Å²) >= 11 is 1.32. The minimum atomic E-state index is -0.520. The number of amidine groups is 1. The Kier molecular flexibility index (Phi) is 4.99. The van der Waals surface area contributed by atoms with Crippen LogP contribution in [0.2, 0.25) is 0 Å². The molecule has 1 fully saturated rings. The lowest BCUT2D eigenvalue weighted by atomic mass is 10.2. The summed E-state index contributed by atoms with van der Waals surface area (Å²) in [5.41, 5.74) is 0.744. The van der Waals surface area contributed by atoms with E-state index >= 15 is 0 Å². The molecular weight excluding hydrogens is 356 g/mol. The molecule has 1 aliphatic rings. The topological polar surface area (TPSA) is 97.9 Å². The molecule has 26 heavy (non-hydrogen) atoms. The van der Waals surface area contributed by atoms with Gasteiger partial charge in [-0.05, 0) is 35.5 Å². The highest BCUT2D eigenvalue weighted by molar-refractivity contribution is 8.18. The molecule has 1 aliphatic heterocycles. The number of ether oxygens (including phenoxy) is 1. The first-order chi connectivity index (χ1) is 12.5. The van der Waals surface area contributed by atoms with Crippen LogP contribution < -0.4 is 4.74 Å². The summed E-state index contributed by atoms with van der Waals surface area (Å²) in [6.45, 7) is 0. The van der Waals surface area contributed by atoms with Crippen molar-refractivity contribution in [2.45, 2.75) is 0 Å². The maximum Gasteiger partial charge on any atom is 0.287 e. The summed E-state index contributed by atoms with van der Waals surface area (Å²) in [4.78, 5) is 32.3. The van der Waals surface area contributed by atoms with E-state index in [1.54, 1.807) is 32.3 Å². The van der Waals surface area contributed by atoms with Gasteiger partial charge < -0.3 is 4.74 Å². The molecule has 3 rings (SSSR count). The fourth-order valence-electron chi connectivity index (χ4n) is 2.19. The fraction of sp³-hybridized carbons (Fsp3) is 0.118. The lowest BCUT2D eigenvalue weighted by molar-refractivity contribution is -0.385. The van der Waals surface area contributed by atoms with Gasteiger partial charge in [0.1, 0.15) is 11.9 Å². The first-order valence-electron chi connectivity index (χ1n) is 7.50. The van der Waals surface area contributed by atoms with Gasteiger partial charge in [0.15, 0.2) is 5.17 Å². The average molecular weight is 370 g/mol. The number of aliphatic imine (C=N–C) groups is 1. The lowest BCUT2D eigenvalue weighted by Crippen LogP contribution is -2.23. The van der Waals surface area contributed by atoms with Crippen LogP contribution in [0.4, 0.5) is 5.69 Å². The lowest BCUT2D eigenvalue weighted by Gasteiger charge is -2.05. The number of hydrogen-bond donors (Lipinski definition) is 0. The van der Waals surface area contributed by atoms with Gasteiger partial charge in [-0.1, -0.05) is 12.1 Å². The molecule has 1 aromatic heterocycles. The number of carbonyl (C=O) groups excluding carboxylic acids is 1. The van der Waals surface area contributed by atoms with Crippen molar-refractivity contribution in [3.63, 3.8) is 0 Å². The molecule has 1 saturated heterocycles. The molecule has 0 atom stereocenters. The zero-order valence-corrected chi connectivity index (χ0v) is 14.8. The number of pyridine rings is 1. The molecule has 2 heterocycles. The monoisotopic (exact) mass is 370 g/mol. The minimum absolute atomic E-state index is 0.0917. The maximum atomic E-state index is 12.1. The Balaban J connectivity index is 1.72. The van der Waals surface area contributed by atoms with E-state index in [0.717, 1.165) is 11.8 Å². The van der Waals surface area contributed by atoms with Gasteiger partial charge in [-0.2, -0.15) is 0 Å². The van der Waals surface area contributed by atoms with Crippen molar-refractivity contribution in [2.24, 2.45) is 4.99 Å². The van der Waals surface area contributed by atoms with Crippen LogP contribution in [0.15, 0.2) is 52.5 Å². The van der Waals surface area contributed by atoms with Crippen LogP contribution in [0, 0.1) is 10.1 Å². The predicted molar refractivity (Wildman–Crippen MR) is 99.1 cm³/mol. The number of rotatable bonds is 4. The Morgan fingerprint density at radius 1 is 1.27 bits per heavy atom. The number of nitro groups is 1. The Hall–Kier alpha value is -3.20. The number of carbonyl (C=O) groups is 1. The number of thioether (sulfide) groups is 1. The molecule has 2 aromatic rings. The molecule has 0 unspecified atom stereocenters. The largest absolute Gasteiger partial charge is 0.439 e. The molecule has 8 nitrogen and oxygen atoms in total. The SMILES string of the molecule is CN=C1S/C(=C\c2ccc(Oc3ccc([N+](=O)[O-])cn3)cc2)C(=O)N1C. The number of nitrogens with zero attached hydrogens (tertiary/aromatic N) is 4. The second kappa shape index (κ2) is 7.36. The van der Waals surface area contributed by atoms with E-state index in [1.165, 1.54) is 28.8 Å². The number of hydrogen-bond acceptors (Lipinski definition) is 7. The van der Waals surface area contributed by atoms with Gasteiger partial charge in [-0.3, -0.25) is 24.8 Å². The van der Waals surface area contributed by atoms with Gasteiger partial charge in [0.2, 0.25) is 5.88 Å². The highest BCUT2D eigenvalue weighted by Crippen LogP contribution is 2.31. The van der Waals surface area contributed by atoms with Crippen molar-refractivity contribution in [1.29, 1.82) is 0 Å². The van der Waals surface area contributed by atoms with Crippen molar-refractivity contribution in [3.05, 3.63) is 63.2 Å². The van der Waals surface area contributed by atoms with Crippen LogP contribution in [0.25, 0.3) is 6.08 Å². The summed E-state index contributed by atoms with van der Waals surface area (Å²) < 4.78 is 5.56. The zero-order chi connectivity index (χ0) is 18.7. The second-order valence-electron chi connectivity index (χ2n) is 5.26. The van der Waals surface area contributed by atoms with Gasteiger partial charge in [0.25, 0.3) is 11.6 Å². The van der Waals surface area contributed by atoms with Crippen LogP contribution in [0.3, 0.4) is 0 Å². The third-order valence-electron chi connectivity index (χ3n) is 3.53. The molecule has 0 bridgehead atoms. The number of amides is 1. The summed E-state index contributed by atoms with van der Waals surface area (Å²) in [5.74, 6) is 0.700. The summed E-state index contributed by atoms with van der Waals surface area (Å²) in [5, 5.41) is 11.3. The normalized spacial score (nSPS) is 17.2. The molecule has 0 aliphatic carbocycles. The molecule has 0 N–H and O–H groups in total. The summed E-state index contributed by atoms with van der Waals surface area (Å²) in [6, 6.07) is 9.85. The quantitative estimate of drug-likeness (QED) is 0.465. The van der Waals surface area contributed by atoms with Gasteiger partial charge >= 0.3 is 0 Å². The molecule has 0 saturated carbocycles. The van der Waals surface area contributed by atoms with Crippen LogP contribution >= 0.6 is 11.8 Å². The van der Waals surface area contributed by atoms with Crippen molar-refractivity contribution >= 4 is 34.6 Å². The van der Waals surface area contributed by atoms with E-state index in [1.807, 2.05) is 12.1 Å². The van der Waals surface area contributed by atoms with Crippen molar-refractivity contribution < 1.29 is 14.5 Å². The Morgan fingerprint density at radius 2 is 2.00 bits per heavy atom. The van der Waals surface area contributed by atoms with Crippen molar-refractivity contribution in [1.82, 2.24) is 9.88 Å². The molecule has 1 amide bonds. The maximum absolute atomic E-state index is 12.1. The highest BCUT2D eigenvalue weighted by atomic mass is 32.2. The van der Waals surface area contributed by atoms with E-state index in [2.05, 4.69) is 9.98 Å². The standard InChI is InChI=1S/C17H14N4O4S/c1-18-17-20(2)16(22)14(26-17)9-11-3-6-13(7-4-11)25-15-8-5-12(10-19-15)21(23)24/h3-10H,1-2H3/b14-9-,18-17?. The average Bonchev–Trinajstić information content (AvgIpc) is 2.91. The smallest absolute Gasteiger partial charge is 0.287 e. The van der Waals surface area contributed by atoms with Crippen LogP contribution in [-0.2, 0) is 4.79 Å². The predicted octanol–water partition coefficient (Wildman–Crippen LogP) is 3.31. The molecule has 0 spiro atoms. The minimum Gasteiger partial charge on any atom is -0.439 e. The van der Waals surface area contributed by atoms with E-state index in [0.29, 0.717) is 15.8 Å². The third-order valence-corrected chi connectivity index (χ3v) is 4.68. The van der Waals surface area contributed by atoms with Gasteiger partial charge in [0, 0.05) is 26.2 Å².